The van der Waals surface area contributed by atoms with Gasteiger partial charge in [0.15, 0.2) is 0 Å². The van der Waals surface area contributed by atoms with Crippen LogP contribution in [0.5, 0.6) is 0 Å². The molecule has 0 unspecified atom stereocenters. The Hall–Kier alpha value is -1.13. The van der Waals surface area contributed by atoms with Crippen LogP contribution in [0, 0.1) is 0 Å². The summed E-state index contributed by atoms with van der Waals surface area (Å²) in [6.45, 7) is 11.1. The normalized spacial score (nSPS) is 19.9. The Morgan fingerprint density at radius 1 is 1.24 bits per heavy atom. The zero-order valence-corrected chi connectivity index (χ0v) is 13.5. The van der Waals surface area contributed by atoms with Gasteiger partial charge < -0.3 is 15.0 Å². The van der Waals surface area contributed by atoms with Crippen molar-refractivity contribution in [1.82, 2.24) is 10.3 Å². The van der Waals surface area contributed by atoms with Gasteiger partial charge in [-0.25, -0.2) is 4.98 Å². The van der Waals surface area contributed by atoms with Crippen molar-refractivity contribution in [3.05, 3.63) is 23.4 Å². The third kappa shape index (κ3) is 3.95. The fraction of sp³-hybridized carbons (Fsp3) is 0.706. The van der Waals surface area contributed by atoms with E-state index in [1.807, 2.05) is 0 Å². The molecule has 0 radical (unpaired) electrons. The van der Waals surface area contributed by atoms with Crippen LogP contribution in [0.2, 0.25) is 0 Å². The first kappa shape index (κ1) is 14.8. The van der Waals surface area contributed by atoms with Gasteiger partial charge in [-0.15, -0.1) is 0 Å². The first-order valence-corrected chi connectivity index (χ1v) is 8.10. The number of anilines is 1. The molecule has 2 aliphatic rings. The number of ether oxygens (including phenoxy) is 1. The van der Waals surface area contributed by atoms with Crippen LogP contribution < -0.4 is 10.2 Å². The molecule has 2 heterocycles. The van der Waals surface area contributed by atoms with Gasteiger partial charge in [-0.05, 0) is 30.5 Å². The molecule has 21 heavy (non-hydrogen) atoms. The van der Waals surface area contributed by atoms with E-state index in [1.54, 1.807) is 0 Å². The predicted molar refractivity (Wildman–Crippen MR) is 85.8 cm³/mol. The number of morpholine rings is 1. The number of hydrogen-bond donors (Lipinski definition) is 1. The molecule has 0 amide bonds. The molecule has 1 aromatic rings. The third-order valence-electron chi connectivity index (χ3n) is 4.15. The van der Waals surface area contributed by atoms with Gasteiger partial charge in [0.2, 0.25) is 0 Å². The number of aromatic nitrogens is 1. The maximum absolute atomic E-state index is 5.45. The number of rotatable bonds is 4. The van der Waals surface area contributed by atoms with Gasteiger partial charge in [0.1, 0.15) is 5.82 Å². The molecule has 1 aromatic heterocycles. The van der Waals surface area contributed by atoms with Gasteiger partial charge in [0, 0.05) is 36.8 Å². The van der Waals surface area contributed by atoms with E-state index >= 15 is 0 Å². The molecule has 4 heteroatoms. The highest BCUT2D eigenvalue weighted by Crippen LogP contribution is 2.26. The second-order valence-corrected chi connectivity index (χ2v) is 7.22. The second kappa shape index (κ2) is 5.93. The van der Waals surface area contributed by atoms with Crippen LogP contribution in [-0.2, 0) is 16.7 Å². The van der Waals surface area contributed by atoms with Crippen LogP contribution >= 0.6 is 0 Å². The minimum absolute atomic E-state index is 0.0800. The van der Waals surface area contributed by atoms with Crippen molar-refractivity contribution in [3.8, 4) is 0 Å². The summed E-state index contributed by atoms with van der Waals surface area (Å²) in [7, 11) is 0. The summed E-state index contributed by atoms with van der Waals surface area (Å²) in [6.07, 6.45) is 2.65. The number of hydrogen-bond acceptors (Lipinski definition) is 4. The van der Waals surface area contributed by atoms with Gasteiger partial charge in [-0.3, -0.25) is 0 Å². The predicted octanol–water partition coefficient (Wildman–Crippen LogP) is 2.47. The van der Waals surface area contributed by atoms with Crippen LogP contribution in [0.3, 0.4) is 0 Å². The van der Waals surface area contributed by atoms with Crippen molar-refractivity contribution >= 4 is 5.82 Å². The van der Waals surface area contributed by atoms with Gasteiger partial charge in [-0.2, -0.15) is 0 Å². The van der Waals surface area contributed by atoms with Gasteiger partial charge in [-0.1, -0.05) is 20.8 Å². The lowest BCUT2D eigenvalue weighted by Crippen LogP contribution is -2.37. The van der Waals surface area contributed by atoms with Crippen LogP contribution in [0.25, 0.3) is 0 Å². The Morgan fingerprint density at radius 2 is 1.95 bits per heavy atom. The lowest BCUT2D eigenvalue weighted by molar-refractivity contribution is 0.122. The molecule has 1 aliphatic heterocycles. The summed E-state index contributed by atoms with van der Waals surface area (Å²) >= 11 is 0. The lowest BCUT2D eigenvalue weighted by atomic mass is 9.90. The van der Waals surface area contributed by atoms with E-state index in [2.05, 4.69) is 43.1 Å². The van der Waals surface area contributed by atoms with Gasteiger partial charge >= 0.3 is 0 Å². The Labute approximate surface area is 127 Å². The number of pyridine rings is 1. The second-order valence-electron chi connectivity index (χ2n) is 7.22. The lowest BCUT2D eigenvalue weighted by Gasteiger charge is -2.30. The monoisotopic (exact) mass is 289 g/mol. The molecule has 0 bridgehead atoms. The molecule has 2 fully saturated rings. The van der Waals surface area contributed by atoms with E-state index < -0.39 is 0 Å². The van der Waals surface area contributed by atoms with E-state index in [0.717, 1.165) is 44.7 Å². The number of nitrogens with zero attached hydrogens (tertiary/aromatic N) is 2. The fourth-order valence-electron chi connectivity index (χ4n) is 2.56. The van der Waals surface area contributed by atoms with Crippen molar-refractivity contribution in [2.75, 3.05) is 31.2 Å². The highest BCUT2D eigenvalue weighted by molar-refractivity contribution is 5.44. The fourth-order valence-corrected chi connectivity index (χ4v) is 2.56. The van der Waals surface area contributed by atoms with Crippen LogP contribution in [0.15, 0.2) is 12.1 Å². The van der Waals surface area contributed by atoms with E-state index in [-0.39, 0.29) is 5.41 Å². The summed E-state index contributed by atoms with van der Waals surface area (Å²) in [4.78, 5) is 7.26. The molecule has 4 nitrogen and oxygen atoms in total. The summed E-state index contributed by atoms with van der Waals surface area (Å²) < 4.78 is 5.45. The molecule has 1 saturated heterocycles. The summed E-state index contributed by atoms with van der Waals surface area (Å²) in [6, 6.07) is 5.25. The summed E-state index contributed by atoms with van der Waals surface area (Å²) in [5.74, 6) is 1.11. The molecule has 1 saturated carbocycles. The molecule has 0 atom stereocenters. The first-order chi connectivity index (χ1) is 10.0. The molecule has 1 aliphatic carbocycles. The molecule has 3 rings (SSSR count). The third-order valence-corrected chi connectivity index (χ3v) is 4.15. The Morgan fingerprint density at radius 3 is 2.57 bits per heavy atom. The smallest absolute Gasteiger partial charge is 0.129 e. The van der Waals surface area contributed by atoms with E-state index in [9.17, 15) is 0 Å². The molecular weight excluding hydrogens is 262 g/mol. The molecule has 0 spiro atoms. The van der Waals surface area contributed by atoms with E-state index in [4.69, 9.17) is 9.72 Å². The summed E-state index contributed by atoms with van der Waals surface area (Å²) in [5, 5.41) is 3.61. The maximum Gasteiger partial charge on any atom is 0.129 e. The Kier molecular flexibility index (Phi) is 4.18. The van der Waals surface area contributed by atoms with Crippen molar-refractivity contribution < 1.29 is 4.74 Å². The first-order valence-electron chi connectivity index (χ1n) is 8.10. The Balaban J connectivity index is 1.83. The maximum atomic E-state index is 5.45. The molecule has 1 N–H and O–H groups in total. The SMILES string of the molecule is CC(C)(C)c1cc(CNC2CC2)cc(N2CCOCC2)n1. The van der Waals surface area contributed by atoms with Crippen molar-refractivity contribution in [3.63, 3.8) is 0 Å². The molecule has 0 aromatic carbocycles. The van der Waals surface area contributed by atoms with Gasteiger partial charge in [0.25, 0.3) is 0 Å². The van der Waals surface area contributed by atoms with Crippen LogP contribution in [-0.4, -0.2) is 37.3 Å². The zero-order chi connectivity index (χ0) is 14.9. The van der Waals surface area contributed by atoms with Crippen molar-refractivity contribution in [2.45, 2.75) is 51.6 Å². The Bertz CT molecular complexity index is 485. The number of nitrogens with one attached hydrogen (secondary N) is 1. The molecular formula is C17H27N3O. The van der Waals surface area contributed by atoms with E-state index in [0.29, 0.717) is 0 Å². The highest BCUT2D eigenvalue weighted by Gasteiger charge is 2.22. The minimum atomic E-state index is 0.0800. The van der Waals surface area contributed by atoms with Crippen molar-refractivity contribution in [2.24, 2.45) is 0 Å². The minimum Gasteiger partial charge on any atom is -0.378 e. The van der Waals surface area contributed by atoms with Gasteiger partial charge in [0.05, 0.1) is 13.2 Å². The topological polar surface area (TPSA) is 37.4 Å². The van der Waals surface area contributed by atoms with Crippen LogP contribution in [0.4, 0.5) is 5.82 Å². The molecule has 116 valence electrons. The van der Waals surface area contributed by atoms with Crippen molar-refractivity contribution in [1.29, 1.82) is 0 Å². The average molecular weight is 289 g/mol. The van der Waals surface area contributed by atoms with E-state index in [1.165, 1.54) is 24.1 Å². The zero-order valence-electron chi connectivity index (χ0n) is 13.5. The average Bonchev–Trinajstić information content (AvgIpc) is 3.29. The highest BCUT2D eigenvalue weighted by atomic mass is 16.5. The quantitative estimate of drug-likeness (QED) is 0.924. The standard InChI is InChI=1S/C17H27N3O/c1-17(2,3)15-10-13(12-18-14-4-5-14)11-16(19-15)20-6-8-21-9-7-20/h10-11,14,18H,4-9,12H2,1-3H3. The largest absolute Gasteiger partial charge is 0.378 e. The summed E-state index contributed by atoms with van der Waals surface area (Å²) in [5.41, 5.74) is 2.61. The van der Waals surface area contributed by atoms with Crippen LogP contribution in [0.1, 0.15) is 44.9 Å².